The molecule has 0 fully saturated rings. The standard InChI is InChI=1S/C24H36O4/c1-17(2)16-19(5)14-15-24(26)28-22-12-9-13-23(25)27-21(18(3)4)11-8-7-10-20(22)6/h7-8,14-16,18,20-22H,1,9-13H2,2-6H3/b8-7+,15-14+,19-16+. The molecule has 0 spiro atoms. The second-order valence-corrected chi connectivity index (χ2v) is 8.13. The fourth-order valence-corrected chi connectivity index (χ4v) is 3.11. The fraction of sp³-hybridized carbons (Fsp3) is 0.583. The van der Waals surface area contributed by atoms with Gasteiger partial charge in [-0.15, -0.1) is 0 Å². The lowest BCUT2D eigenvalue weighted by Gasteiger charge is -2.24. The number of carbonyl (C=O) groups is 2. The Morgan fingerprint density at radius 2 is 1.93 bits per heavy atom. The Bertz CT molecular complexity index is 625. The summed E-state index contributed by atoms with van der Waals surface area (Å²) in [7, 11) is 0. The molecule has 1 heterocycles. The maximum atomic E-state index is 12.2. The molecule has 0 saturated heterocycles. The first-order chi connectivity index (χ1) is 13.2. The summed E-state index contributed by atoms with van der Waals surface area (Å²) < 4.78 is 11.3. The highest BCUT2D eigenvalue weighted by Crippen LogP contribution is 2.22. The van der Waals surface area contributed by atoms with E-state index < -0.39 is 0 Å². The molecule has 3 atom stereocenters. The quantitative estimate of drug-likeness (QED) is 0.262. The van der Waals surface area contributed by atoms with Gasteiger partial charge in [0.25, 0.3) is 0 Å². The molecule has 1 aliphatic rings. The van der Waals surface area contributed by atoms with Gasteiger partial charge in [0.2, 0.25) is 0 Å². The number of cyclic esters (lactones) is 1. The molecule has 156 valence electrons. The molecule has 1 aliphatic heterocycles. The normalized spacial score (nSPS) is 26.3. The number of hydrogen-bond donors (Lipinski definition) is 0. The smallest absolute Gasteiger partial charge is 0.331 e. The Labute approximate surface area is 170 Å². The van der Waals surface area contributed by atoms with Crippen molar-refractivity contribution >= 4 is 11.9 Å². The number of hydrogen-bond acceptors (Lipinski definition) is 4. The van der Waals surface area contributed by atoms with E-state index in [1.165, 1.54) is 6.08 Å². The third-order valence-electron chi connectivity index (χ3n) is 4.80. The molecule has 0 saturated carbocycles. The summed E-state index contributed by atoms with van der Waals surface area (Å²) in [6.45, 7) is 13.9. The highest BCUT2D eigenvalue weighted by Gasteiger charge is 2.22. The topological polar surface area (TPSA) is 52.6 Å². The zero-order valence-corrected chi connectivity index (χ0v) is 18.1. The Morgan fingerprint density at radius 3 is 2.57 bits per heavy atom. The largest absolute Gasteiger partial charge is 0.462 e. The first kappa shape index (κ1) is 23.9. The Balaban J connectivity index is 2.75. The summed E-state index contributed by atoms with van der Waals surface area (Å²) >= 11 is 0. The van der Waals surface area contributed by atoms with E-state index in [1.54, 1.807) is 6.08 Å². The highest BCUT2D eigenvalue weighted by molar-refractivity contribution is 5.82. The van der Waals surface area contributed by atoms with Gasteiger partial charge < -0.3 is 9.47 Å². The highest BCUT2D eigenvalue weighted by atomic mass is 16.5. The average Bonchev–Trinajstić information content (AvgIpc) is 2.59. The Kier molecular flexibility index (Phi) is 10.6. The van der Waals surface area contributed by atoms with Gasteiger partial charge in [0.15, 0.2) is 0 Å². The summed E-state index contributed by atoms with van der Waals surface area (Å²) in [5.74, 6) is -0.0545. The molecule has 3 unspecified atom stereocenters. The van der Waals surface area contributed by atoms with Crippen molar-refractivity contribution in [3.05, 3.63) is 48.1 Å². The van der Waals surface area contributed by atoms with Crippen LogP contribution in [0, 0.1) is 11.8 Å². The van der Waals surface area contributed by atoms with Crippen molar-refractivity contribution in [2.75, 3.05) is 0 Å². The van der Waals surface area contributed by atoms with E-state index >= 15 is 0 Å². The van der Waals surface area contributed by atoms with Crippen LogP contribution in [-0.4, -0.2) is 24.1 Å². The SMILES string of the molecule is C=C(C)/C=C(C)/C=C/C(=O)OC1CCCC(=O)OC(C(C)C)C/C=C/CC1C. The van der Waals surface area contributed by atoms with Crippen molar-refractivity contribution in [3.8, 4) is 0 Å². The molecule has 28 heavy (non-hydrogen) atoms. The van der Waals surface area contributed by atoms with Crippen molar-refractivity contribution < 1.29 is 19.1 Å². The van der Waals surface area contributed by atoms with Crippen LogP contribution in [0.2, 0.25) is 0 Å². The monoisotopic (exact) mass is 388 g/mol. The van der Waals surface area contributed by atoms with Gasteiger partial charge in [0.05, 0.1) is 0 Å². The summed E-state index contributed by atoms with van der Waals surface area (Å²) in [6, 6.07) is 0. The molecule has 0 amide bonds. The van der Waals surface area contributed by atoms with E-state index in [0.29, 0.717) is 19.3 Å². The summed E-state index contributed by atoms with van der Waals surface area (Å²) in [5.41, 5.74) is 1.88. The summed E-state index contributed by atoms with van der Waals surface area (Å²) in [6.07, 6.45) is 12.2. The van der Waals surface area contributed by atoms with Gasteiger partial charge in [-0.05, 0) is 44.9 Å². The molecule has 0 bridgehead atoms. The van der Waals surface area contributed by atoms with Crippen LogP contribution in [0.15, 0.2) is 48.1 Å². The summed E-state index contributed by atoms with van der Waals surface area (Å²) in [4.78, 5) is 24.3. The second kappa shape index (κ2) is 12.4. The average molecular weight is 389 g/mol. The van der Waals surface area contributed by atoms with Gasteiger partial charge in [0.1, 0.15) is 12.2 Å². The van der Waals surface area contributed by atoms with Gasteiger partial charge in [-0.3, -0.25) is 4.79 Å². The molecular formula is C24H36O4. The molecule has 0 radical (unpaired) electrons. The predicted octanol–water partition coefficient (Wildman–Crippen LogP) is 5.70. The lowest BCUT2D eigenvalue weighted by molar-refractivity contribution is -0.151. The van der Waals surface area contributed by atoms with Gasteiger partial charge >= 0.3 is 11.9 Å². The maximum Gasteiger partial charge on any atom is 0.331 e. The van der Waals surface area contributed by atoms with Crippen LogP contribution in [-0.2, 0) is 19.1 Å². The molecule has 1 rings (SSSR count). The van der Waals surface area contributed by atoms with Crippen molar-refractivity contribution in [3.63, 3.8) is 0 Å². The molecule has 0 aromatic carbocycles. The Hall–Kier alpha value is -2.10. The van der Waals surface area contributed by atoms with Crippen LogP contribution in [0.1, 0.15) is 66.7 Å². The fourth-order valence-electron chi connectivity index (χ4n) is 3.11. The minimum atomic E-state index is -0.357. The first-order valence-electron chi connectivity index (χ1n) is 10.3. The van der Waals surface area contributed by atoms with E-state index in [9.17, 15) is 9.59 Å². The van der Waals surface area contributed by atoms with Crippen molar-refractivity contribution in [2.45, 2.75) is 78.9 Å². The molecule has 0 aromatic heterocycles. The van der Waals surface area contributed by atoms with Crippen LogP contribution >= 0.6 is 0 Å². The van der Waals surface area contributed by atoms with Gasteiger partial charge in [0, 0.05) is 18.9 Å². The zero-order chi connectivity index (χ0) is 21.1. The van der Waals surface area contributed by atoms with E-state index in [4.69, 9.17) is 9.47 Å². The molecular weight excluding hydrogens is 352 g/mol. The lowest BCUT2D eigenvalue weighted by Crippen LogP contribution is -2.26. The number of rotatable bonds is 5. The Morgan fingerprint density at radius 1 is 1.25 bits per heavy atom. The van der Waals surface area contributed by atoms with Crippen molar-refractivity contribution in [1.29, 1.82) is 0 Å². The molecule has 0 aliphatic carbocycles. The first-order valence-corrected chi connectivity index (χ1v) is 10.3. The number of allylic oxidation sites excluding steroid dienone is 5. The van der Waals surface area contributed by atoms with Crippen LogP contribution in [0.25, 0.3) is 0 Å². The second-order valence-electron chi connectivity index (χ2n) is 8.13. The van der Waals surface area contributed by atoms with E-state index in [1.807, 2.05) is 19.9 Å². The number of esters is 2. The molecule has 4 heteroatoms. The molecule has 0 N–H and O–H groups in total. The van der Waals surface area contributed by atoms with Crippen LogP contribution < -0.4 is 0 Å². The van der Waals surface area contributed by atoms with Gasteiger partial charge in [-0.25, -0.2) is 4.79 Å². The van der Waals surface area contributed by atoms with E-state index in [0.717, 1.165) is 24.0 Å². The minimum Gasteiger partial charge on any atom is -0.462 e. The third kappa shape index (κ3) is 9.72. The van der Waals surface area contributed by atoms with E-state index in [2.05, 4.69) is 39.5 Å². The third-order valence-corrected chi connectivity index (χ3v) is 4.80. The van der Waals surface area contributed by atoms with Gasteiger partial charge in [-0.1, -0.05) is 62.8 Å². The maximum absolute atomic E-state index is 12.2. The predicted molar refractivity (Wildman–Crippen MR) is 114 cm³/mol. The van der Waals surface area contributed by atoms with Crippen molar-refractivity contribution in [1.82, 2.24) is 0 Å². The minimum absolute atomic E-state index is 0.0762. The van der Waals surface area contributed by atoms with Crippen molar-refractivity contribution in [2.24, 2.45) is 11.8 Å². The van der Waals surface area contributed by atoms with Crippen LogP contribution in [0.5, 0.6) is 0 Å². The number of ether oxygens (including phenoxy) is 2. The molecule has 4 nitrogen and oxygen atoms in total. The van der Waals surface area contributed by atoms with Gasteiger partial charge in [-0.2, -0.15) is 0 Å². The van der Waals surface area contributed by atoms with Crippen LogP contribution in [0.3, 0.4) is 0 Å². The summed E-state index contributed by atoms with van der Waals surface area (Å²) in [5, 5.41) is 0. The zero-order valence-electron chi connectivity index (χ0n) is 18.1. The number of carbonyl (C=O) groups excluding carboxylic acids is 2. The molecule has 0 aromatic rings. The van der Waals surface area contributed by atoms with Crippen LogP contribution in [0.4, 0.5) is 0 Å². The lowest BCUT2D eigenvalue weighted by atomic mass is 9.94. The van der Waals surface area contributed by atoms with E-state index in [-0.39, 0.29) is 36.0 Å².